The topological polar surface area (TPSA) is 106 Å². The van der Waals surface area contributed by atoms with Gasteiger partial charge < -0.3 is 30.0 Å². The minimum absolute atomic E-state index is 0.0143. The van der Waals surface area contributed by atoms with Crippen molar-refractivity contribution in [1.29, 1.82) is 0 Å². The number of nitrogens with one attached hydrogen (secondary N) is 2. The van der Waals surface area contributed by atoms with Gasteiger partial charge in [0.15, 0.2) is 0 Å². The van der Waals surface area contributed by atoms with Crippen LogP contribution < -0.4 is 10.6 Å². The first-order valence-electron chi connectivity index (χ1n) is 7.53. The molecule has 0 aromatic carbocycles. The molecule has 0 rings (SSSR count). The maximum Gasteiger partial charge on any atom is 0.303 e. The Morgan fingerprint density at radius 3 is 2.05 bits per heavy atom. The van der Waals surface area contributed by atoms with E-state index in [4.69, 9.17) is 19.3 Å². The predicted octanol–water partition coefficient (Wildman–Crippen LogP) is -0.373. The molecular formula is C14H28N2O6. The Bertz CT molecular complexity index is 289. The largest absolute Gasteiger partial charge is 0.481 e. The molecule has 0 saturated heterocycles. The Morgan fingerprint density at radius 2 is 1.45 bits per heavy atom. The molecule has 0 aliphatic heterocycles. The zero-order chi connectivity index (χ0) is 16.5. The van der Waals surface area contributed by atoms with Gasteiger partial charge in [0.1, 0.15) is 0 Å². The van der Waals surface area contributed by atoms with E-state index >= 15 is 0 Å². The van der Waals surface area contributed by atoms with E-state index < -0.39 is 5.97 Å². The van der Waals surface area contributed by atoms with Crippen LogP contribution in [0.5, 0.6) is 0 Å². The number of aliphatic carboxylic acids is 1. The molecule has 0 spiro atoms. The fourth-order valence-electron chi connectivity index (χ4n) is 1.43. The second kappa shape index (κ2) is 16.2. The molecule has 22 heavy (non-hydrogen) atoms. The van der Waals surface area contributed by atoms with Crippen molar-refractivity contribution in [2.75, 3.05) is 59.8 Å². The third kappa shape index (κ3) is 16.8. The van der Waals surface area contributed by atoms with Gasteiger partial charge in [0, 0.05) is 26.1 Å². The lowest BCUT2D eigenvalue weighted by Crippen LogP contribution is -2.25. The minimum atomic E-state index is -0.967. The fourth-order valence-corrected chi connectivity index (χ4v) is 1.43. The van der Waals surface area contributed by atoms with Crippen molar-refractivity contribution in [3.05, 3.63) is 0 Å². The van der Waals surface area contributed by atoms with E-state index in [1.165, 1.54) is 0 Å². The highest BCUT2D eigenvalue weighted by atomic mass is 16.5. The third-order valence-electron chi connectivity index (χ3n) is 2.59. The number of hydrogen-bond donors (Lipinski definition) is 3. The van der Waals surface area contributed by atoms with Crippen LogP contribution in [0.3, 0.4) is 0 Å². The number of likely N-dealkylation sites (N-methyl/N-ethyl adjacent to an activating group) is 1. The molecule has 0 bridgehead atoms. The molecule has 0 aromatic heterocycles. The van der Waals surface area contributed by atoms with Gasteiger partial charge in [-0.1, -0.05) is 0 Å². The van der Waals surface area contributed by atoms with Gasteiger partial charge in [-0.15, -0.1) is 0 Å². The molecule has 1 amide bonds. The molecule has 0 fully saturated rings. The highest BCUT2D eigenvalue weighted by Gasteiger charge is 2.03. The number of carboxylic acids is 1. The first-order valence-corrected chi connectivity index (χ1v) is 7.53. The van der Waals surface area contributed by atoms with Crippen LogP contribution in [0.15, 0.2) is 0 Å². The highest BCUT2D eigenvalue weighted by Crippen LogP contribution is 1.89. The lowest BCUT2D eigenvalue weighted by atomic mass is 10.3. The van der Waals surface area contributed by atoms with Crippen molar-refractivity contribution in [2.45, 2.75) is 19.3 Å². The molecule has 0 radical (unpaired) electrons. The molecule has 0 aromatic rings. The lowest BCUT2D eigenvalue weighted by Gasteiger charge is -2.07. The van der Waals surface area contributed by atoms with Gasteiger partial charge in [-0.25, -0.2) is 0 Å². The van der Waals surface area contributed by atoms with Gasteiger partial charge in [-0.3, -0.25) is 9.59 Å². The van der Waals surface area contributed by atoms with Crippen molar-refractivity contribution in [3.63, 3.8) is 0 Å². The highest BCUT2D eigenvalue weighted by molar-refractivity contribution is 5.80. The SMILES string of the molecule is CNCCOCCOCCOCCCNC(=O)CCC(=O)O. The molecule has 0 heterocycles. The number of rotatable bonds is 16. The van der Waals surface area contributed by atoms with Gasteiger partial charge in [0.25, 0.3) is 0 Å². The summed E-state index contributed by atoms with van der Waals surface area (Å²) in [7, 11) is 1.87. The number of hydrogen-bond acceptors (Lipinski definition) is 6. The molecule has 130 valence electrons. The van der Waals surface area contributed by atoms with Gasteiger partial charge in [-0.2, -0.15) is 0 Å². The Balaban J connectivity index is 3.11. The number of amides is 1. The number of carboxylic acid groups (broad SMARTS) is 1. The quantitative estimate of drug-likeness (QED) is 0.333. The third-order valence-corrected chi connectivity index (χ3v) is 2.59. The van der Waals surface area contributed by atoms with Crippen LogP contribution in [-0.2, 0) is 23.8 Å². The molecule has 0 unspecified atom stereocenters. The molecule has 8 nitrogen and oxygen atoms in total. The zero-order valence-electron chi connectivity index (χ0n) is 13.3. The van der Waals surface area contributed by atoms with Crippen LogP contribution in [-0.4, -0.2) is 76.8 Å². The smallest absolute Gasteiger partial charge is 0.303 e. The van der Waals surface area contributed by atoms with E-state index in [1.54, 1.807) is 0 Å². The van der Waals surface area contributed by atoms with Crippen molar-refractivity contribution < 1.29 is 28.9 Å². The van der Waals surface area contributed by atoms with Crippen LogP contribution in [0.2, 0.25) is 0 Å². The summed E-state index contributed by atoms with van der Waals surface area (Å²) in [5.74, 6) is -1.21. The van der Waals surface area contributed by atoms with Gasteiger partial charge in [0.2, 0.25) is 5.91 Å². The first-order chi connectivity index (χ1) is 10.7. The van der Waals surface area contributed by atoms with Gasteiger partial charge in [-0.05, 0) is 13.5 Å². The fraction of sp³-hybridized carbons (Fsp3) is 0.857. The van der Waals surface area contributed by atoms with Crippen molar-refractivity contribution >= 4 is 11.9 Å². The predicted molar refractivity (Wildman–Crippen MR) is 80.9 cm³/mol. The maximum absolute atomic E-state index is 11.2. The van der Waals surface area contributed by atoms with Gasteiger partial charge in [0.05, 0.1) is 39.5 Å². The lowest BCUT2D eigenvalue weighted by molar-refractivity contribution is -0.138. The summed E-state index contributed by atoms with van der Waals surface area (Å²) in [6.45, 7) is 4.66. The van der Waals surface area contributed by atoms with Gasteiger partial charge >= 0.3 is 5.97 Å². The molecule has 0 atom stereocenters. The summed E-state index contributed by atoms with van der Waals surface area (Å²) in [6.07, 6.45) is 0.560. The summed E-state index contributed by atoms with van der Waals surface area (Å²) in [4.78, 5) is 21.5. The summed E-state index contributed by atoms with van der Waals surface area (Å²) >= 11 is 0. The summed E-state index contributed by atoms with van der Waals surface area (Å²) < 4.78 is 15.9. The monoisotopic (exact) mass is 320 g/mol. The number of carbonyl (C=O) groups excluding carboxylic acids is 1. The van der Waals surface area contributed by atoms with E-state index in [9.17, 15) is 9.59 Å². The zero-order valence-corrected chi connectivity index (χ0v) is 13.3. The average molecular weight is 320 g/mol. The van der Waals surface area contributed by atoms with Crippen molar-refractivity contribution in [1.82, 2.24) is 10.6 Å². The van der Waals surface area contributed by atoms with Crippen LogP contribution in [0, 0.1) is 0 Å². The Hall–Kier alpha value is -1.22. The molecule has 0 aliphatic rings. The van der Waals surface area contributed by atoms with Crippen LogP contribution in [0.4, 0.5) is 0 Å². The molecular weight excluding hydrogens is 292 g/mol. The first kappa shape index (κ1) is 20.8. The summed E-state index contributed by atoms with van der Waals surface area (Å²) in [6, 6.07) is 0. The summed E-state index contributed by atoms with van der Waals surface area (Å²) in [5.41, 5.74) is 0. The Kier molecular flexibility index (Phi) is 15.3. The molecule has 0 aliphatic carbocycles. The maximum atomic E-state index is 11.2. The molecule has 8 heteroatoms. The number of carbonyl (C=O) groups is 2. The van der Waals surface area contributed by atoms with Crippen LogP contribution in [0.1, 0.15) is 19.3 Å². The molecule has 3 N–H and O–H groups in total. The van der Waals surface area contributed by atoms with E-state index in [1.807, 2.05) is 7.05 Å². The van der Waals surface area contributed by atoms with Crippen molar-refractivity contribution in [2.24, 2.45) is 0 Å². The minimum Gasteiger partial charge on any atom is -0.481 e. The van der Waals surface area contributed by atoms with E-state index in [0.29, 0.717) is 52.6 Å². The second-order valence-corrected chi connectivity index (χ2v) is 4.54. The van der Waals surface area contributed by atoms with Crippen LogP contribution >= 0.6 is 0 Å². The average Bonchev–Trinajstić information content (AvgIpc) is 2.49. The number of ether oxygens (including phenoxy) is 3. The van der Waals surface area contributed by atoms with Crippen LogP contribution in [0.25, 0.3) is 0 Å². The van der Waals surface area contributed by atoms with E-state index in [2.05, 4.69) is 10.6 Å². The Morgan fingerprint density at radius 1 is 0.864 bits per heavy atom. The van der Waals surface area contributed by atoms with Crippen molar-refractivity contribution in [3.8, 4) is 0 Å². The molecule has 0 saturated carbocycles. The normalized spacial score (nSPS) is 10.6. The van der Waals surface area contributed by atoms with E-state index in [0.717, 1.165) is 6.54 Å². The Labute approximate surface area is 131 Å². The van der Waals surface area contributed by atoms with E-state index in [-0.39, 0.29) is 18.7 Å². The second-order valence-electron chi connectivity index (χ2n) is 4.54. The summed E-state index contributed by atoms with van der Waals surface area (Å²) in [5, 5.41) is 14.0. The standard InChI is InChI=1S/C14H28N2O6/c1-15-6-8-21-10-12-22-11-9-20-7-2-5-16-13(17)3-4-14(18)19/h15H,2-12H2,1H3,(H,16,17)(H,18,19).